The second kappa shape index (κ2) is 9.49. The van der Waals surface area contributed by atoms with E-state index >= 15 is 0 Å². The highest BCUT2D eigenvalue weighted by Crippen LogP contribution is 2.25. The van der Waals surface area contributed by atoms with Crippen molar-refractivity contribution in [1.82, 2.24) is 0 Å². The third-order valence-electron chi connectivity index (χ3n) is 4.45. The van der Waals surface area contributed by atoms with Gasteiger partial charge in [0.15, 0.2) is 6.29 Å². The highest BCUT2D eigenvalue weighted by Gasteiger charge is 2.17. The summed E-state index contributed by atoms with van der Waals surface area (Å²) in [5, 5.41) is 0. The van der Waals surface area contributed by atoms with Crippen molar-refractivity contribution in [2.45, 2.75) is 25.4 Å². The number of anilines is 1. The number of hydrogen-bond donors (Lipinski definition) is 1. The molecular formula is C23H23NO4S. The van der Waals surface area contributed by atoms with Gasteiger partial charge in [-0.25, -0.2) is 8.42 Å². The minimum atomic E-state index is -3.58. The summed E-state index contributed by atoms with van der Waals surface area (Å²) in [6.07, 6.45) is -0.0538. The van der Waals surface area contributed by atoms with E-state index in [0.717, 1.165) is 17.4 Å². The van der Waals surface area contributed by atoms with Crippen molar-refractivity contribution < 1.29 is 17.9 Å². The molecule has 0 amide bonds. The molecule has 0 radical (unpaired) electrons. The number of hydrogen-bond acceptors (Lipinski definition) is 4. The fraction of sp³-hybridized carbons (Fsp3) is 0.174. The number of benzene rings is 3. The molecule has 0 fully saturated rings. The van der Waals surface area contributed by atoms with Gasteiger partial charge < -0.3 is 9.53 Å². The summed E-state index contributed by atoms with van der Waals surface area (Å²) in [5.74, 6) is -0.126. The second-order valence-corrected chi connectivity index (χ2v) is 8.49. The van der Waals surface area contributed by atoms with Crippen molar-refractivity contribution >= 4 is 22.0 Å². The van der Waals surface area contributed by atoms with Crippen LogP contribution in [0.5, 0.6) is 0 Å². The quantitative estimate of drug-likeness (QED) is 0.532. The molecule has 3 aromatic carbocycles. The minimum absolute atomic E-state index is 0.126. The summed E-state index contributed by atoms with van der Waals surface area (Å²) in [5.41, 5.74) is 3.54. The number of carbonyl (C=O) groups is 1. The van der Waals surface area contributed by atoms with Crippen LogP contribution in [0.1, 0.15) is 28.4 Å². The summed E-state index contributed by atoms with van der Waals surface area (Å²) in [4.78, 5) is 11.7. The van der Waals surface area contributed by atoms with E-state index in [1.165, 1.54) is 0 Å². The lowest BCUT2D eigenvalue weighted by Gasteiger charge is -2.17. The first-order chi connectivity index (χ1) is 14.0. The Morgan fingerprint density at radius 2 is 1.55 bits per heavy atom. The van der Waals surface area contributed by atoms with Crippen LogP contribution >= 0.6 is 0 Å². The van der Waals surface area contributed by atoms with Crippen LogP contribution in [0.15, 0.2) is 78.9 Å². The van der Waals surface area contributed by atoms with Crippen LogP contribution in [0.2, 0.25) is 0 Å². The van der Waals surface area contributed by atoms with Crippen LogP contribution in [0.3, 0.4) is 0 Å². The third kappa shape index (κ3) is 6.01. The molecule has 5 nitrogen and oxygen atoms in total. The molecule has 3 rings (SSSR count). The number of rotatable bonds is 9. The fourth-order valence-electron chi connectivity index (χ4n) is 2.98. The molecule has 0 aromatic heterocycles. The molecular weight excluding hydrogens is 386 g/mol. The summed E-state index contributed by atoms with van der Waals surface area (Å²) in [6, 6.07) is 23.6. The molecule has 0 spiro atoms. The number of aldehydes is 1. The van der Waals surface area contributed by atoms with Gasteiger partial charge in [0, 0.05) is 5.69 Å². The van der Waals surface area contributed by atoms with Crippen molar-refractivity contribution in [1.29, 1.82) is 0 Å². The largest absolute Gasteiger partial charge is 0.361 e. The maximum atomic E-state index is 12.5. The zero-order valence-corrected chi connectivity index (χ0v) is 16.9. The van der Waals surface area contributed by atoms with E-state index in [0.29, 0.717) is 16.8 Å². The van der Waals surface area contributed by atoms with Gasteiger partial charge in [0.1, 0.15) is 6.10 Å². The van der Waals surface area contributed by atoms with Crippen molar-refractivity contribution in [3.05, 3.63) is 101 Å². The number of ether oxygens (including phenoxy) is 1. The molecule has 0 saturated heterocycles. The Balaban J connectivity index is 1.75. The van der Waals surface area contributed by atoms with Crippen LogP contribution in [-0.4, -0.2) is 14.7 Å². The van der Waals surface area contributed by atoms with E-state index < -0.39 is 16.1 Å². The smallest absolute Gasteiger partial charge is 0.236 e. The van der Waals surface area contributed by atoms with Gasteiger partial charge in [-0.2, -0.15) is 0 Å². The van der Waals surface area contributed by atoms with Crippen LogP contribution in [0.4, 0.5) is 5.69 Å². The lowest BCUT2D eigenvalue weighted by atomic mass is 10.0. The maximum Gasteiger partial charge on any atom is 0.236 e. The van der Waals surface area contributed by atoms with Gasteiger partial charge in [-0.1, -0.05) is 66.7 Å². The molecule has 0 saturated carbocycles. The van der Waals surface area contributed by atoms with Gasteiger partial charge in [0.2, 0.25) is 10.0 Å². The summed E-state index contributed by atoms with van der Waals surface area (Å²) < 4.78 is 33.4. The molecule has 150 valence electrons. The van der Waals surface area contributed by atoms with E-state index in [1.54, 1.807) is 42.5 Å². The number of carbonyl (C=O) groups excluding carboxylic acids is 1. The Labute approximate surface area is 171 Å². The van der Waals surface area contributed by atoms with Crippen LogP contribution in [-0.2, 0) is 31.9 Å². The molecule has 1 unspecified atom stereocenters. The van der Waals surface area contributed by atoms with Gasteiger partial charge in [-0.3, -0.25) is 4.72 Å². The molecule has 0 bridgehead atoms. The van der Waals surface area contributed by atoms with Crippen molar-refractivity contribution in [2.24, 2.45) is 0 Å². The van der Waals surface area contributed by atoms with Crippen molar-refractivity contribution in [3.63, 3.8) is 0 Å². The van der Waals surface area contributed by atoms with E-state index in [-0.39, 0.29) is 12.4 Å². The Hall–Kier alpha value is -2.96. The van der Waals surface area contributed by atoms with Crippen LogP contribution < -0.4 is 4.72 Å². The Bertz CT molecular complexity index is 1050. The van der Waals surface area contributed by atoms with Crippen LogP contribution in [0.25, 0.3) is 0 Å². The van der Waals surface area contributed by atoms with E-state index in [2.05, 4.69) is 4.72 Å². The van der Waals surface area contributed by atoms with Gasteiger partial charge >= 0.3 is 0 Å². The molecule has 0 aliphatic rings. The zero-order chi connectivity index (χ0) is 20.7. The van der Waals surface area contributed by atoms with Gasteiger partial charge in [0.05, 0.1) is 12.4 Å². The van der Waals surface area contributed by atoms with E-state index in [4.69, 9.17) is 4.74 Å². The molecule has 29 heavy (non-hydrogen) atoms. The molecule has 1 atom stereocenters. The van der Waals surface area contributed by atoms with E-state index in [9.17, 15) is 13.2 Å². The van der Waals surface area contributed by atoms with Crippen LogP contribution in [0, 0.1) is 6.92 Å². The second-order valence-electron chi connectivity index (χ2n) is 6.77. The highest BCUT2D eigenvalue weighted by atomic mass is 32.2. The SMILES string of the molecule is Cc1ccc(NS(=O)(=O)Cc2ccccc2)cc1C(C=O)OCc1ccccc1. The fourth-order valence-corrected chi connectivity index (χ4v) is 4.17. The van der Waals surface area contributed by atoms with Gasteiger partial charge in [0.25, 0.3) is 0 Å². The summed E-state index contributed by atoms with van der Waals surface area (Å²) in [6.45, 7) is 2.15. The predicted octanol–water partition coefficient (Wildman–Crippen LogP) is 4.39. The van der Waals surface area contributed by atoms with Crippen molar-refractivity contribution in [3.8, 4) is 0 Å². The first-order valence-electron chi connectivity index (χ1n) is 9.22. The highest BCUT2D eigenvalue weighted by molar-refractivity contribution is 7.91. The first kappa shape index (κ1) is 20.8. The topological polar surface area (TPSA) is 72.5 Å². The predicted molar refractivity (Wildman–Crippen MR) is 114 cm³/mol. The van der Waals surface area contributed by atoms with Crippen molar-refractivity contribution in [2.75, 3.05) is 4.72 Å². The average Bonchev–Trinajstić information content (AvgIpc) is 2.71. The number of nitrogens with one attached hydrogen (secondary N) is 1. The lowest BCUT2D eigenvalue weighted by Crippen LogP contribution is -2.16. The van der Waals surface area contributed by atoms with Gasteiger partial charge in [-0.15, -0.1) is 0 Å². The third-order valence-corrected chi connectivity index (χ3v) is 5.71. The maximum absolute atomic E-state index is 12.5. The molecule has 6 heteroatoms. The first-order valence-corrected chi connectivity index (χ1v) is 10.9. The standard InChI is InChI=1S/C23H23NO4S/c1-18-12-13-21(24-29(26,27)17-20-10-6-3-7-11-20)14-22(18)23(15-25)28-16-19-8-4-2-5-9-19/h2-15,23-24H,16-17H2,1H3. The Morgan fingerprint density at radius 1 is 0.931 bits per heavy atom. The van der Waals surface area contributed by atoms with E-state index in [1.807, 2.05) is 43.3 Å². The normalized spacial score (nSPS) is 12.3. The lowest BCUT2D eigenvalue weighted by molar-refractivity contribution is -0.119. The number of sulfonamides is 1. The molecule has 0 aliphatic heterocycles. The minimum Gasteiger partial charge on any atom is -0.361 e. The van der Waals surface area contributed by atoms with Gasteiger partial charge in [-0.05, 0) is 41.3 Å². The number of aryl methyl sites for hydroxylation is 1. The summed E-state index contributed by atoms with van der Waals surface area (Å²) >= 11 is 0. The Morgan fingerprint density at radius 3 is 2.17 bits per heavy atom. The molecule has 1 N–H and O–H groups in total. The zero-order valence-electron chi connectivity index (χ0n) is 16.1. The monoisotopic (exact) mass is 409 g/mol. The molecule has 0 aliphatic carbocycles. The average molecular weight is 410 g/mol. The summed E-state index contributed by atoms with van der Waals surface area (Å²) in [7, 11) is -3.58. The molecule has 3 aromatic rings. The molecule has 0 heterocycles. The Kier molecular flexibility index (Phi) is 6.80.